The lowest BCUT2D eigenvalue weighted by Crippen LogP contribution is -2.12. The molecule has 0 aromatic heterocycles. The van der Waals surface area contributed by atoms with Crippen molar-refractivity contribution in [3.8, 4) is 0 Å². The first-order chi connectivity index (χ1) is 11.2. The number of aliphatic imine (C=N–C) groups is 1. The first kappa shape index (κ1) is 19.2. The fourth-order valence-corrected chi connectivity index (χ4v) is 2.90. The van der Waals surface area contributed by atoms with Crippen LogP contribution in [0.15, 0.2) is 53.5 Å². The van der Waals surface area contributed by atoms with E-state index in [2.05, 4.69) is 62.4 Å². The second-order valence-electron chi connectivity index (χ2n) is 5.50. The average Bonchev–Trinajstić information content (AvgIpc) is 2.60. The third-order valence-electron chi connectivity index (χ3n) is 3.80. The van der Waals surface area contributed by atoms with Crippen LogP contribution in [0.1, 0.15) is 63.6 Å². The molecule has 0 N–H and O–H groups in total. The molecule has 0 bridgehead atoms. The smallest absolute Gasteiger partial charge is 0.0664 e. The second-order valence-corrected chi connectivity index (χ2v) is 5.50. The largest absolute Gasteiger partial charge is 0.258 e. The number of hydrogen-bond donors (Lipinski definition) is 0. The summed E-state index contributed by atoms with van der Waals surface area (Å²) in [5, 5.41) is 0. The minimum absolute atomic E-state index is 0.565. The topological polar surface area (TPSA) is 12.4 Å². The molecule has 1 nitrogen and oxygen atoms in total. The van der Waals surface area contributed by atoms with Gasteiger partial charge < -0.3 is 0 Å². The molecule has 3 rings (SSSR count). The summed E-state index contributed by atoms with van der Waals surface area (Å²) >= 11 is 0. The first-order valence-corrected chi connectivity index (χ1v) is 8.91. The van der Waals surface area contributed by atoms with Crippen LogP contribution in [-0.2, 0) is 6.42 Å². The Morgan fingerprint density at radius 3 is 2.22 bits per heavy atom. The third-order valence-corrected chi connectivity index (χ3v) is 3.80. The molecule has 1 aliphatic heterocycles. The van der Waals surface area contributed by atoms with Gasteiger partial charge in [0.2, 0.25) is 0 Å². The normalized spacial score (nSPS) is 15.2. The molecular formula is C22H31N. The van der Waals surface area contributed by atoms with Gasteiger partial charge in [0.05, 0.1) is 5.69 Å². The van der Waals surface area contributed by atoms with Crippen LogP contribution in [0.5, 0.6) is 0 Å². The number of fused-ring (bicyclic) bond motifs is 1. The summed E-state index contributed by atoms with van der Waals surface area (Å²) < 4.78 is 0. The Kier molecular flexibility index (Phi) is 8.32. The zero-order chi connectivity index (χ0) is 17.2. The summed E-state index contributed by atoms with van der Waals surface area (Å²) in [6.07, 6.45) is 2.18. The molecule has 0 fully saturated rings. The van der Waals surface area contributed by atoms with Crippen LogP contribution in [0, 0.1) is 6.92 Å². The zero-order valence-corrected chi connectivity index (χ0v) is 15.6. The molecule has 0 amide bonds. The van der Waals surface area contributed by atoms with E-state index >= 15 is 0 Å². The number of rotatable bonds is 2. The van der Waals surface area contributed by atoms with Crippen molar-refractivity contribution >= 4 is 11.4 Å². The maximum Gasteiger partial charge on any atom is 0.0664 e. The van der Waals surface area contributed by atoms with E-state index in [1.807, 2.05) is 27.7 Å². The lowest BCUT2D eigenvalue weighted by molar-refractivity contribution is 0.702. The highest BCUT2D eigenvalue weighted by Crippen LogP contribution is 2.37. The van der Waals surface area contributed by atoms with Gasteiger partial charge in [0, 0.05) is 5.71 Å². The van der Waals surface area contributed by atoms with E-state index in [-0.39, 0.29) is 0 Å². The maximum absolute atomic E-state index is 4.70. The molecule has 1 aliphatic rings. The van der Waals surface area contributed by atoms with Gasteiger partial charge in [0.1, 0.15) is 0 Å². The lowest BCUT2D eigenvalue weighted by atomic mass is 9.84. The fourth-order valence-electron chi connectivity index (χ4n) is 2.90. The van der Waals surface area contributed by atoms with E-state index in [1.54, 1.807) is 0 Å². The maximum atomic E-state index is 4.70. The Balaban J connectivity index is 0.000000615. The summed E-state index contributed by atoms with van der Waals surface area (Å²) in [5.41, 5.74) is 6.56. The van der Waals surface area contributed by atoms with Crippen LogP contribution in [0.25, 0.3) is 0 Å². The van der Waals surface area contributed by atoms with Gasteiger partial charge in [-0.05, 0) is 49.8 Å². The molecule has 2 aromatic rings. The van der Waals surface area contributed by atoms with Gasteiger partial charge in [0.25, 0.3) is 0 Å². The van der Waals surface area contributed by atoms with Gasteiger partial charge in [-0.1, -0.05) is 75.7 Å². The molecule has 2 aromatic carbocycles. The number of benzene rings is 2. The minimum Gasteiger partial charge on any atom is -0.258 e. The molecule has 23 heavy (non-hydrogen) atoms. The molecule has 1 atom stereocenters. The standard InChI is InChI=1S/C18H19N.2C2H6/c1-13-8-9-18-17(10-13)16(11-14(2)19-18)12-15-6-4-3-5-7-15;2*1-2/h3-10,16H,11-12H2,1-2H3;2*1-2H3. The quantitative estimate of drug-likeness (QED) is 0.574. The van der Waals surface area contributed by atoms with Crippen molar-refractivity contribution in [1.29, 1.82) is 0 Å². The fraction of sp³-hybridized carbons (Fsp3) is 0.409. The summed E-state index contributed by atoms with van der Waals surface area (Å²) in [7, 11) is 0. The molecule has 0 saturated carbocycles. The Morgan fingerprint density at radius 2 is 1.57 bits per heavy atom. The molecule has 0 radical (unpaired) electrons. The van der Waals surface area contributed by atoms with Gasteiger partial charge in [-0.15, -0.1) is 0 Å². The number of aryl methyl sites for hydroxylation is 1. The van der Waals surface area contributed by atoms with Crippen molar-refractivity contribution in [2.24, 2.45) is 4.99 Å². The molecule has 0 aliphatic carbocycles. The zero-order valence-electron chi connectivity index (χ0n) is 15.6. The summed E-state index contributed by atoms with van der Waals surface area (Å²) in [4.78, 5) is 4.70. The molecule has 1 heteroatoms. The lowest BCUT2D eigenvalue weighted by Gasteiger charge is -2.24. The predicted molar refractivity (Wildman–Crippen MR) is 104 cm³/mol. The van der Waals surface area contributed by atoms with Crippen LogP contribution < -0.4 is 0 Å². The van der Waals surface area contributed by atoms with Crippen LogP contribution in [-0.4, -0.2) is 5.71 Å². The van der Waals surface area contributed by atoms with Crippen molar-refractivity contribution in [1.82, 2.24) is 0 Å². The van der Waals surface area contributed by atoms with Crippen LogP contribution in [0.3, 0.4) is 0 Å². The van der Waals surface area contributed by atoms with Crippen molar-refractivity contribution < 1.29 is 0 Å². The van der Waals surface area contributed by atoms with Gasteiger partial charge >= 0.3 is 0 Å². The number of hydrogen-bond acceptors (Lipinski definition) is 1. The molecule has 1 unspecified atom stereocenters. The molecule has 1 heterocycles. The monoisotopic (exact) mass is 309 g/mol. The van der Waals surface area contributed by atoms with Crippen LogP contribution >= 0.6 is 0 Å². The Hall–Kier alpha value is -1.89. The summed E-state index contributed by atoms with van der Waals surface area (Å²) in [5.74, 6) is 0.565. The average molecular weight is 309 g/mol. The highest BCUT2D eigenvalue weighted by atomic mass is 14.8. The SMILES string of the molecule is CC.CC.CC1=Nc2ccc(C)cc2C(Cc2ccccc2)C1. The van der Waals surface area contributed by atoms with E-state index in [1.165, 1.54) is 22.4 Å². The highest BCUT2D eigenvalue weighted by Gasteiger charge is 2.21. The van der Waals surface area contributed by atoms with Crippen molar-refractivity contribution in [2.75, 3.05) is 0 Å². The van der Waals surface area contributed by atoms with Gasteiger partial charge in [-0.25, -0.2) is 0 Å². The van der Waals surface area contributed by atoms with E-state index in [4.69, 9.17) is 4.99 Å². The molecular weight excluding hydrogens is 278 g/mol. The summed E-state index contributed by atoms with van der Waals surface area (Å²) in [6.45, 7) is 12.3. The molecule has 0 saturated heterocycles. The van der Waals surface area contributed by atoms with Gasteiger partial charge in [-0.2, -0.15) is 0 Å². The first-order valence-electron chi connectivity index (χ1n) is 8.91. The van der Waals surface area contributed by atoms with E-state index in [9.17, 15) is 0 Å². The summed E-state index contributed by atoms with van der Waals surface area (Å²) in [6, 6.07) is 17.4. The van der Waals surface area contributed by atoms with Crippen molar-refractivity contribution in [3.63, 3.8) is 0 Å². The highest BCUT2D eigenvalue weighted by molar-refractivity contribution is 5.88. The Morgan fingerprint density at radius 1 is 0.913 bits per heavy atom. The van der Waals surface area contributed by atoms with Gasteiger partial charge in [-0.3, -0.25) is 4.99 Å². The number of nitrogens with zero attached hydrogens (tertiary/aromatic N) is 1. The molecule has 124 valence electrons. The second kappa shape index (κ2) is 9.99. The van der Waals surface area contributed by atoms with Crippen molar-refractivity contribution in [3.05, 3.63) is 65.2 Å². The van der Waals surface area contributed by atoms with E-state index < -0.39 is 0 Å². The van der Waals surface area contributed by atoms with Crippen LogP contribution in [0.2, 0.25) is 0 Å². The third kappa shape index (κ3) is 5.35. The predicted octanol–water partition coefficient (Wildman–Crippen LogP) is 6.87. The molecule has 0 spiro atoms. The van der Waals surface area contributed by atoms with Crippen LogP contribution in [0.4, 0.5) is 5.69 Å². The van der Waals surface area contributed by atoms with Crippen molar-refractivity contribution in [2.45, 2.75) is 60.3 Å². The van der Waals surface area contributed by atoms with E-state index in [0.29, 0.717) is 5.92 Å². The van der Waals surface area contributed by atoms with Gasteiger partial charge in [0.15, 0.2) is 0 Å². The Bertz CT molecular complexity index is 611. The minimum atomic E-state index is 0.565. The Labute approximate surface area is 142 Å². The van der Waals surface area contributed by atoms with E-state index in [0.717, 1.165) is 18.5 Å².